The lowest BCUT2D eigenvalue weighted by molar-refractivity contribution is -0.130. The number of anilines is 1. The molecule has 1 aliphatic carbocycles. The summed E-state index contributed by atoms with van der Waals surface area (Å²) in [5.41, 5.74) is 4.05. The molecule has 1 heterocycles. The van der Waals surface area contributed by atoms with Crippen LogP contribution in [0.1, 0.15) is 33.7 Å². The zero-order valence-corrected chi connectivity index (χ0v) is 43.7. The summed E-state index contributed by atoms with van der Waals surface area (Å²) in [5.74, 6) is -3.44. The maximum Gasteiger partial charge on any atom is 0.407 e. The first-order valence-corrected chi connectivity index (χ1v) is 25.2. The quantitative estimate of drug-likeness (QED) is 0.0386. The van der Waals surface area contributed by atoms with E-state index in [1.165, 1.54) is 63.7 Å². The molecule has 0 saturated carbocycles. The molecule has 8 rings (SSSR count). The van der Waals surface area contributed by atoms with Crippen molar-refractivity contribution >= 4 is 58.5 Å². The SMILES string of the molecule is COc1ccc2[nH]c(-c3cccc(F)c3)cc(=O)c2c1[C@@](Cc1ccc(NC(=O)CNC(=O)C(Cc2ccccc2)NC(=O)CNC(=O)CNC(=O)OCC2c3ccccc3-c3ccccc32)cc1)(CN(C)C(=O)O)N(C)C(=O)O. The molecule has 1 unspecified atom stereocenters. The molecule has 6 aromatic carbocycles. The van der Waals surface area contributed by atoms with Crippen molar-refractivity contribution in [2.45, 2.75) is 30.3 Å². The summed E-state index contributed by atoms with van der Waals surface area (Å²) in [4.78, 5) is 110. The molecule has 8 N–H and O–H groups in total. The maximum atomic E-state index is 14.3. The molecule has 1 aromatic heterocycles. The third-order valence-electron chi connectivity index (χ3n) is 13.8. The Bertz CT molecular complexity index is 3500. The molecule has 1 aliphatic rings. The van der Waals surface area contributed by atoms with Gasteiger partial charge in [-0.1, -0.05) is 103 Å². The van der Waals surface area contributed by atoms with Crippen LogP contribution in [0.2, 0.25) is 0 Å². The lowest BCUT2D eigenvalue weighted by Crippen LogP contribution is -2.55. The Balaban J connectivity index is 0.902. The zero-order valence-electron chi connectivity index (χ0n) is 43.7. The first-order valence-electron chi connectivity index (χ1n) is 25.2. The van der Waals surface area contributed by atoms with Crippen LogP contribution in [0.3, 0.4) is 0 Å². The van der Waals surface area contributed by atoms with Crippen molar-refractivity contribution in [2.75, 3.05) is 59.3 Å². The maximum absolute atomic E-state index is 14.3. The van der Waals surface area contributed by atoms with Gasteiger partial charge in [0.1, 0.15) is 30.8 Å². The third kappa shape index (κ3) is 13.0. The van der Waals surface area contributed by atoms with Crippen LogP contribution >= 0.6 is 0 Å². The van der Waals surface area contributed by atoms with Gasteiger partial charge in [-0.05, 0) is 69.8 Å². The number of methoxy groups -OCH3 is 1. The van der Waals surface area contributed by atoms with Crippen molar-refractivity contribution in [3.05, 3.63) is 189 Å². The lowest BCUT2D eigenvalue weighted by atomic mass is 9.79. The smallest absolute Gasteiger partial charge is 0.407 e. The minimum absolute atomic E-state index is 0.00231. The number of fused-ring (bicyclic) bond motifs is 4. The molecule has 0 radical (unpaired) electrons. The van der Waals surface area contributed by atoms with Crippen LogP contribution in [0.4, 0.5) is 24.5 Å². The van der Waals surface area contributed by atoms with E-state index in [0.717, 1.165) is 32.1 Å². The molecule has 2 atom stereocenters. The van der Waals surface area contributed by atoms with Gasteiger partial charge in [0.05, 0.1) is 43.2 Å². The summed E-state index contributed by atoms with van der Waals surface area (Å²) in [5, 5.41) is 33.4. The number of rotatable bonds is 21. The number of hydrogen-bond acceptors (Lipinski definition) is 10. The second kappa shape index (κ2) is 25.0. The fourth-order valence-corrected chi connectivity index (χ4v) is 9.92. The monoisotopic (exact) mass is 1090 g/mol. The fourth-order valence-electron chi connectivity index (χ4n) is 9.92. The molecule has 0 bridgehead atoms. The molecule has 21 heteroatoms. The Kier molecular flexibility index (Phi) is 17.5. The van der Waals surface area contributed by atoms with Crippen molar-refractivity contribution in [1.29, 1.82) is 0 Å². The van der Waals surface area contributed by atoms with E-state index in [1.807, 2.05) is 48.5 Å². The number of halogens is 1. The van der Waals surface area contributed by atoms with Crippen LogP contribution in [0.15, 0.2) is 150 Å². The van der Waals surface area contributed by atoms with E-state index in [4.69, 9.17) is 9.47 Å². The van der Waals surface area contributed by atoms with Gasteiger partial charge in [-0.25, -0.2) is 18.8 Å². The number of carbonyl (C=O) groups is 7. The summed E-state index contributed by atoms with van der Waals surface area (Å²) in [6, 6.07) is 39.4. The van der Waals surface area contributed by atoms with Gasteiger partial charge in [-0.15, -0.1) is 0 Å². The second-order valence-electron chi connectivity index (χ2n) is 19.0. The zero-order chi connectivity index (χ0) is 57.1. The second-order valence-corrected chi connectivity index (χ2v) is 19.0. The molecule has 0 spiro atoms. The average Bonchev–Trinajstić information content (AvgIpc) is 3.84. The largest absolute Gasteiger partial charge is 0.496 e. The van der Waals surface area contributed by atoms with Crippen molar-refractivity contribution < 1.29 is 57.6 Å². The number of carbonyl (C=O) groups excluding carboxylic acids is 5. The molecule has 0 fully saturated rings. The van der Waals surface area contributed by atoms with Crippen LogP contribution in [0.25, 0.3) is 33.3 Å². The van der Waals surface area contributed by atoms with Gasteiger partial charge in [0, 0.05) is 61.4 Å². The first kappa shape index (κ1) is 56.2. The Morgan fingerprint density at radius 3 is 2.00 bits per heavy atom. The number of H-pyrrole nitrogens is 1. The van der Waals surface area contributed by atoms with Gasteiger partial charge in [0.2, 0.25) is 23.6 Å². The number of nitrogens with one attached hydrogen (secondary N) is 6. The van der Waals surface area contributed by atoms with Crippen molar-refractivity contribution in [2.24, 2.45) is 0 Å². The summed E-state index contributed by atoms with van der Waals surface area (Å²) in [6.07, 6.45) is -3.88. The van der Waals surface area contributed by atoms with Gasteiger partial charge < -0.3 is 56.2 Å². The van der Waals surface area contributed by atoms with Crippen LogP contribution in [0, 0.1) is 5.82 Å². The number of ether oxygens (including phenoxy) is 2. The number of alkyl carbamates (subject to hydrolysis) is 1. The number of carboxylic acid groups (broad SMARTS) is 2. The third-order valence-corrected chi connectivity index (χ3v) is 13.8. The average molecular weight is 1090 g/mol. The van der Waals surface area contributed by atoms with Crippen LogP contribution < -0.4 is 36.7 Å². The van der Waals surface area contributed by atoms with E-state index in [2.05, 4.69) is 31.6 Å². The Morgan fingerprint density at radius 2 is 1.35 bits per heavy atom. The minimum atomic E-state index is -1.85. The Hall–Kier alpha value is -10.0. The summed E-state index contributed by atoms with van der Waals surface area (Å²) in [6.45, 7) is -2.03. The Morgan fingerprint density at radius 1 is 0.700 bits per heavy atom. The summed E-state index contributed by atoms with van der Waals surface area (Å²) >= 11 is 0. The highest BCUT2D eigenvalue weighted by molar-refractivity contribution is 5.97. The minimum Gasteiger partial charge on any atom is -0.496 e. The van der Waals surface area contributed by atoms with Gasteiger partial charge in [0.15, 0.2) is 5.43 Å². The number of aromatic nitrogens is 1. The summed E-state index contributed by atoms with van der Waals surface area (Å²) in [7, 11) is 3.83. The number of hydrogen-bond donors (Lipinski definition) is 8. The highest BCUT2D eigenvalue weighted by Gasteiger charge is 2.45. The van der Waals surface area contributed by atoms with Gasteiger partial charge in [0.25, 0.3) is 0 Å². The molecule has 80 heavy (non-hydrogen) atoms. The molecule has 0 saturated heterocycles. The topological polar surface area (TPSA) is 278 Å². The van der Waals surface area contributed by atoms with Crippen molar-refractivity contribution in [3.63, 3.8) is 0 Å². The van der Waals surface area contributed by atoms with Crippen LogP contribution in [-0.2, 0) is 42.3 Å². The van der Waals surface area contributed by atoms with Crippen molar-refractivity contribution in [1.82, 2.24) is 36.1 Å². The molecule has 412 valence electrons. The first-order chi connectivity index (χ1) is 38.4. The van der Waals surface area contributed by atoms with E-state index in [9.17, 15) is 53.0 Å². The molecular formula is C59H57FN8O12. The van der Waals surface area contributed by atoms with Gasteiger partial charge in [-0.3, -0.25) is 28.9 Å². The highest BCUT2D eigenvalue weighted by atomic mass is 19.1. The van der Waals surface area contributed by atoms with Crippen LogP contribution in [-0.4, -0.2) is 127 Å². The molecule has 7 aromatic rings. The van der Waals surface area contributed by atoms with Gasteiger partial charge in [-0.2, -0.15) is 0 Å². The van der Waals surface area contributed by atoms with E-state index < -0.39 is 90.9 Å². The predicted octanol–water partition coefficient (Wildman–Crippen LogP) is 6.44. The molecule has 20 nitrogen and oxygen atoms in total. The van der Waals surface area contributed by atoms with E-state index in [0.29, 0.717) is 16.7 Å². The van der Waals surface area contributed by atoms with Gasteiger partial charge >= 0.3 is 18.3 Å². The predicted molar refractivity (Wildman–Crippen MR) is 295 cm³/mol. The lowest BCUT2D eigenvalue weighted by Gasteiger charge is -2.44. The number of amides is 7. The molecule has 0 aliphatic heterocycles. The Labute approximate surface area is 457 Å². The van der Waals surface area contributed by atoms with Crippen LogP contribution in [0.5, 0.6) is 5.75 Å². The summed E-state index contributed by atoms with van der Waals surface area (Å²) < 4.78 is 25.5. The number of benzene rings is 6. The van der Waals surface area contributed by atoms with Crippen molar-refractivity contribution in [3.8, 4) is 28.1 Å². The highest BCUT2D eigenvalue weighted by Crippen LogP contribution is 2.45. The molecular weight excluding hydrogens is 1030 g/mol. The number of aromatic amines is 1. The van der Waals surface area contributed by atoms with E-state index in [1.54, 1.807) is 54.6 Å². The molecule has 7 amide bonds. The normalized spacial score (nSPS) is 12.6. The van der Waals surface area contributed by atoms with E-state index in [-0.39, 0.29) is 59.0 Å². The fraction of sp³-hybridized carbons (Fsp3) is 0.220. The number of nitrogens with zero attached hydrogens (tertiary/aromatic N) is 2. The standard InChI is InChI=1S/C59H57FN8O12/c1-67(57(75)76)34-59(68(2)58(77)78,54-49(79-3)25-24-45-53(54)48(69)28-46(65-45)37-14-11-15-38(60)27-37)29-36-20-22-39(23-21-36)64-51(71)32-62-55(73)47(26-35-12-5-4-6-13-35)66-52(72)31-61-50(70)30-63-56(74)80-33-44-42-18-9-7-16-40(42)41-17-8-10-19-43(41)44/h4-25,27-28,44,47H,26,29-34H2,1-3H3,(H,61,70)(H,62,73)(H,63,74)(H,64,71)(H,65,69)(H,66,72)(H,75,76)(H,77,78)/t47?,59-/m1/s1. The number of pyridine rings is 1. The van der Waals surface area contributed by atoms with E-state index >= 15 is 0 Å². The number of likely N-dealkylation sites (N-methyl/N-ethyl adjacent to an activating group) is 2.